The number of unbranched alkanes of at least 4 members (excludes halogenated alkanes) is 2. The van der Waals surface area contributed by atoms with E-state index in [0.717, 1.165) is 0 Å². The van der Waals surface area contributed by atoms with Crippen LogP contribution in [0.25, 0.3) is 0 Å². The first-order chi connectivity index (χ1) is 13.9. The molecule has 15 heteroatoms. The summed E-state index contributed by atoms with van der Waals surface area (Å²) < 4.78 is 131. The van der Waals surface area contributed by atoms with Gasteiger partial charge in [-0.15, -0.1) is 4.40 Å². The zero-order chi connectivity index (χ0) is 24.7. The number of halogens is 9. The van der Waals surface area contributed by atoms with Gasteiger partial charge in [-0.25, -0.2) is 4.74 Å². The van der Waals surface area contributed by atoms with E-state index in [1.54, 1.807) is 20.8 Å². The molecule has 0 aliphatic heterocycles. The molecule has 0 N–H and O–H groups in total. The van der Waals surface area contributed by atoms with E-state index in [1.807, 2.05) is 0 Å². The van der Waals surface area contributed by atoms with E-state index < -0.39 is 37.3 Å². The molecule has 0 radical (unpaired) electrons. The summed E-state index contributed by atoms with van der Waals surface area (Å²) >= 11 is -0.297. The van der Waals surface area contributed by atoms with Crippen LogP contribution in [0.3, 0.4) is 0 Å². The first-order valence-electron chi connectivity index (χ1n) is 9.38. The monoisotopic (exact) mass is 604 g/mol. The van der Waals surface area contributed by atoms with E-state index in [-0.39, 0.29) is 48.5 Å². The molecular weight excluding hydrogens is 579 g/mol. The van der Waals surface area contributed by atoms with Gasteiger partial charge in [0, 0.05) is 42.1 Å². The molecule has 0 aromatic carbocycles. The Morgan fingerprint density at radius 1 is 0.871 bits per heavy atom. The van der Waals surface area contributed by atoms with Crippen molar-refractivity contribution in [2.75, 3.05) is 13.1 Å². The molecule has 0 atom stereocenters. The molecule has 0 heterocycles. The predicted octanol–water partition coefficient (Wildman–Crippen LogP) is 6.24. The van der Waals surface area contributed by atoms with Gasteiger partial charge in [-0.2, -0.15) is 43.5 Å². The fourth-order valence-electron chi connectivity index (χ4n) is 2.18. The summed E-state index contributed by atoms with van der Waals surface area (Å²) in [6.07, 6.45) is -10.2. The molecule has 31 heavy (non-hydrogen) atoms. The lowest BCUT2D eigenvalue weighted by molar-refractivity contribution is -0.438. The molecule has 0 aliphatic rings. The summed E-state index contributed by atoms with van der Waals surface area (Å²) in [6, 6.07) is 0. The van der Waals surface area contributed by atoms with Crippen molar-refractivity contribution in [2.24, 2.45) is 4.40 Å². The van der Waals surface area contributed by atoms with E-state index in [2.05, 4.69) is 9.13 Å². The summed E-state index contributed by atoms with van der Waals surface area (Å²) in [5, 5.41) is -6.34. The summed E-state index contributed by atoms with van der Waals surface area (Å²) in [7, 11) is -6.49. The molecule has 0 aliphatic carbocycles. The Balaban J connectivity index is 6.19. The van der Waals surface area contributed by atoms with Crippen molar-refractivity contribution in [3.63, 3.8) is 0 Å². The van der Waals surface area contributed by atoms with Crippen LogP contribution in [-0.4, -0.2) is 53.6 Å². The van der Waals surface area contributed by atoms with Crippen molar-refractivity contribution >= 4 is 38.4 Å². The number of hydrogen-bond donors (Lipinski definition) is 0. The van der Waals surface area contributed by atoms with Gasteiger partial charge in [0.1, 0.15) is 5.84 Å². The summed E-state index contributed by atoms with van der Waals surface area (Å²) in [5.41, 5.74) is 0. The van der Waals surface area contributed by atoms with Crippen molar-refractivity contribution < 1.29 is 48.3 Å². The molecular formula is C16H25F8IN2O3S. The Morgan fingerprint density at radius 3 is 1.68 bits per heavy atom. The van der Waals surface area contributed by atoms with Crippen LogP contribution in [0.5, 0.6) is 0 Å². The molecule has 186 valence electrons. The van der Waals surface area contributed by atoms with E-state index in [9.17, 15) is 43.5 Å². The van der Waals surface area contributed by atoms with Crippen molar-refractivity contribution in [3.05, 3.63) is 0 Å². The number of rotatable bonds is 14. The number of ether oxygens (including phenoxy) is 1. The van der Waals surface area contributed by atoms with Crippen LogP contribution in [0, 0.1) is 0 Å². The van der Waals surface area contributed by atoms with Crippen LogP contribution >= 0.6 is 22.6 Å². The minimum Gasteiger partial charge on any atom is -0.359 e. The van der Waals surface area contributed by atoms with Gasteiger partial charge >= 0.3 is 31.4 Å². The van der Waals surface area contributed by atoms with Crippen molar-refractivity contribution in [2.45, 2.75) is 80.7 Å². The molecule has 5 nitrogen and oxygen atoms in total. The number of alkyl halides is 9. The molecule has 0 saturated heterocycles. The summed E-state index contributed by atoms with van der Waals surface area (Å²) in [4.78, 5) is 1.34. The molecule has 0 bridgehead atoms. The van der Waals surface area contributed by atoms with Gasteiger partial charge in [-0.05, 0) is 19.3 Å². The third kappa shape index (κ3) is 8.12. The lowest BCUT2D eigenvalue weighted by Gasteiger charge is -2.30. The number of hydrogen-bond acceptors (Lipinski definition) is 3. The highest BCUT2D eigenvalue weighted by Crippen LogP contribution is 2.49. The normalized spacial score (nSPS) is 14.8. The van der Waals surface area contributed by atoms with Gasteiger partial charge in [-0.3, -0.25) is 0 Å². The van der Waals surface area contributed by atoms with Crippen LogP contribution in [0.1, 0.15) is 59.3 Å². The quantitative estimate of drug-likeness (QED) is 0.0775. The molecule has 0 spiro atoms. The fourth-order valence-corrected chi connectivity index (χ4v) is 3.23. The Labute approximate surface area is 189 Å². The highest BCUT2D eigenvalue weighted by atomic mass is 127. The third-order valence-electron chi connectivity index (χ3n) is 3.88. The highest BCUT2D eigenvalue weighted by Gasteiger charge is 2.74. The third-order valence-corrected chi connectivity index (χ3v) is 5.84. The Kier molecular flexibility index (Phi) is 11.4. The van der Waals surface area contributed by atoms with Crippen molar-refractivity contribution in [3.8, 4) is 0 Å². The molecule has 0 unspecified atom stereocenters. The average Bonchev–Trinajstić information content (AvgIpc) is 2.59. The van der Waals surface area contributed by atoms with Gasteiger partial charge in [0.05, 0.1) is 0 Å². The van der Waals surface area contributed by atoms with Gasteiger partial charge < -0.3 is 4.90 Å². The zero-order valence-electron chi connectivity index (χ0n) is 17.1. The van der Waals surface area contributed by atoms with Crippen molar-refractivity contribution in [1.29, 1.82) is 0 Å². The lowest BCUT2D eigenvalue weighted by Crippen LogP contribution is -2.54. The second-order valence-corrected chi connectivity index (χ2v) is 9.58. The molecule has 0 saturated carbocycles. The van der Waals surface area contributed by atoms with Gasteiger partial charge in [0.2, 0.25) is 0 Å². The largest absolute Gasteiger partial charge is 0.455 e. The van der Waals surface area contributed by atoms with E-state index in [0.29, 0.717) is 25.7 Å². The Bertz CT molecular complexity index is 691. The Hall–Kier alpha value is -0.450. The Morgan fingerprint density at radius 2 is 1.32 bits per heavy atom. The van der Waals surface area contributed by atoms with Gasteiger partial charge in [0.25, 0.3) is 0 Å². The second-order valence-electron chi connectivity index (χ2n) is 6.58. The molecule has 0 fully saturated rings. The van der Waals surface area contributed by atoms with Crippen LogP contribution in [0.4, 0.5) is 35.1 Å². The highest BCUT2D eigenvalue weighted by molar-refractivity contribution is 14.1. The maximum Gasteiger partial charge on any atom is 0.455 e. The van der Waals surface area contributed by atoms with E-state index >= 15 is 0 Å². The number of amidine groups is 1. The average molecular weight is 604 g/mol. The first-order valence-corrected chi connectivity index (χ1v) is 11.9. The molecule has 0 rings (SSSR count). The molecule has 0 aromatic heterocycles. The SMILES string of the molecule is CCCCN(CCCC)C(CCC)=NS(=O)(=O)C(F)(F)C(F)(F)OC(F)(F)C(F)(F)I. The second kappa shape index (κ2) is 11.6. The first kappa shape index (κ1) is 30.6. The van der Waals surface area contributed by atoms with E-state index in [1.165, 1.54) is 4.90 Å². The van der Waals surface area contributed by atoms with Crippen LogP contribution < -0.4 is 0 Å². The predicted molar refractivity (Wildman–Crippen MR) is 108 cm³/mol. The number of nitrogens with zero attached hydrogens (tertiary/aromatic N) is 2. The van der Waals surface area contributed by atoms with E-state index in [4.69, 9.17) is 0 Å². The lowest BCUT2D eigenvalue weighted by atomic mass is 10.2. The topological polar surface area (TPSA) is 59.0 Å². The standard InChI is InChI=1S/C16H25F8IN2O3S/c1-4-7-10-27(11-8-5-2)12(9-6-3)26-31(28,29)16(23,24)15(21,22)30-14(19,20)13(17,18)25/h4-11H2,1-3H3. The maximum atomic E-state index is 14.1. The fraction of sp³-hybridized carbons (Fsp3) is 0.938. The molecule has 0 aromatic rings. The van der Waals surface area contributed by atoms with Crippen LogP contribution in [0.15, 0.2) is 4.40 Å². The van der Waals surface area contributed by atoms with Gasteiger partial charge in [0.15, 0.2) is 0 Å². The summed E-state index contributed by atoms with van der Waals surface area (Å²) in [6.45, 7) is 5.56. The zero-order valence-corrected chi connectivity index (χ0v) is 20.1. The smallest absolute Gasteiger partial charge is 0.359 e. The molecule has 0 amide bonds. The minimum atomic E-state index is -6.50. The van der Waals surface area contributed by atoms with Gasteiger partial charge in [-0.1, -0.05) is 33.6 Å². The van der Waals surface area contributed by atoms with Crippen LogP contribution in [0.2, 0.25) is 0 Å². The summed E-state index contributed by atoms with van der Waals surface area (Å²) in [5.74, 6) is -0.453. The number of sulfonamides is 1. The van der Waals surface area contributed by atoms with Crippen LogP contribution in [-0.2, 0) is 14.8 Å². The maximum absolute atomic E-state index is 14.1. The minimum absolute atomic E-state index is 0.183. The van der Waals surface area contributed by atoms with Crippen molar-refractivity contribution in [1.82, 2.24) is 4.90 Å².